The molecule has 0 unspecified atom stereocenters. The quantitative estimate of drug-likeness (QED) is 0.292. The molecule has 42 heavy (non-hydrogen) atoms. The van der Waals surface area contributed by atoms with Crippen LogP contribution in [0, 0.1) is 5.92 Å². The number of hydrogen-bond donors (Lipinski definition) is 4. The van der Waals surface area contributed by atoms with Crippen molar-refractivity contribution in [3.05, 3.63) is 58.7 Å². The number of carbonyl (C=O) groups excluding carboxylic acids is 2. The van der Waals surface area contributed by atoms with E-state index >= 15 is 0 Å². The van der Waals surface area contributed by atoms with E-state index in [1.54, 1.807) is 63.3 Å². The fourth-order valence-corrected chi connectivity index (χ4v) is 5.68. The van der Waals surface area contributed by atoms with Crippen LogP contribution in [0.25, 0.3) is 0 Å². The number of rotatable bonds is 12. The summed E-state index contributed by atoms with van der Waals surface area (Å²) < 4.78 is 22.7. The molecule has 0 saturated heterocycles. The molecule has 4 rings (SSSR count). The van der Waals surface area contributed by atoms with E-state index in [4.69, 9.17) is 18.9 Å². The van der Waals surface area contributed by atoms with Crippen molar-refractivity contribution in [1.29, 1.82) is 0 Å². The zero-order valence-electron chi connectivity index (χ0n) is 24.6. The van der Waals surface area contributed by atoms with Crippen LogP contribution in [0.2, 0.25) is 0 Å². The fraction of sp³-hybridized carbons (Fsp3) is 0.484. The van der Waals surface area contributed by atoms with Crippen molar-refractivity contribution in [3.8, 4) is 23.0 Å². The number of methoxy groups -OCH3 is 3. The molecule has 2 aromatic carbocycles. The Morgan fingerprint density at radius 1 is 1.05 bits per heavy atom. The summed E-state index contributed by atoms with van der Waals surface area (Å²) in [5.74, 6) is 0.268. The Bertz CT molecular complexity index is 1330. The van der Waals surface area contributed by atoms with Crippen molar-refractivity contribution in [2.24, 2.45) is 5.92 Å². The lowest BCUT2D eigenvalue weighted by Crippen LogP contribution is -2.56. The van der Waals surface area contributed by atoms with E-state index < -0.39 is 36.0 Å². The summed E-state index contributed by atoms with van der Waals surface area (Å²) in [5.41, 5.74) is 2.26. The van der Waals surface area contributed by atoms with E-state index in [2.05, 4.69) is 5.32 Å². The van der Waals surface area contributed by atoms with Gasteiger partial charge >= 0.3 is 0 Å². The van der Waals surface area contributed by atoms with Crippen LogP contribution in [0.5, 0.6) is 23.0 Å². The van der Waals surface area contributed by atoms with Gasteiger partial charge in [0.25, 0.3) is 0 Å². The second-order valence-corrected chi connectivity index (χ2v) is 10.6. The minimum atomic E-state index is -1.20. The van der Waals surface area contributed by atoms with Crippen LogP contribution in [0.3, 0.4) is 0 Å². The van der Waals surface area contributed by atoms with Gasteiger partial charge in [-0.1, -0.05) is 13.8 Å². The number of amides is 2. The summed E-state index contributed by atoms with van der Waals surface area (Å²) in [4.78, 5) is 28.7. The zero-order valence-corrected chi connectivity index (χ0v) is 24.6. The van der Waals surface area contributed by atoms with Crippen LogP contribution in [0.15, 0.2) is 42.0 Å². The molecular formula is C31H40N2O9. The second kappa shape index (κ2) is 13.5. The van der Waals surface area contributed by atoms with Gasteiger partial charge in [0, 0.05) is 30.1 Å². The Kier molecular flexibility index (Phi) is 9.97. The van der Waals surface area contributed by atoms with Crippen LogP contribution in [0.4, 0.5) is 0 Å². The van der Waals surface area contributed by atoms with Gasteiger partial charge in [-0.15, -0.1) is 0 Å². The maximum absolute atomic E-state index is 13.6. The Morgan fingerprint density at radius 2 is 1.79 bits per heavy atom. The highest BCUT2D eigenvalue weighted by atomic mass is 16.5. The molecule has 1 heterocycles. The molecule has 2 aliphatic rings. The van der Waals surface area contributed by atoms with Crippen molar-refractivity contribution < 1.29 is 43.9 Å². The molecule has 0 saturated carbocycles. The minimum Gasteiger partial charge on any atom is -0.497 e. The van der Waals surface area contributed by atoms with Gasteiger partial charge in [-0.25, -0.2) is 0 Å². The number of hydrogen-bond acceptors (Lipinski definition) is 9. The summed E-state index contributed by atoms with van der Waals surface area (Å²) in [6, 6.07) is 7.90. The average Bonchev–Trinajstić information content (AvgIpc) is 3.40. The van der Waals surface area contributed by atoms with Crippen molar-refractivity contribution in [3.63, 3.8) is 0 Å². The first-order valence-corrected chi connectivity index (χ1v) is 14.0. The first-order chi connectivity index (χ1) is 20.2. The van der Waals surface area contributed by atoms with Gasteiger partial charge in [0.15, 0.2) is 11.5 Å². The van der Waals surface area contributed by atoms with Gasteiger partial charge in [-0.05, 0) is 54.0 Å². The molecule has 2 amide bonds. The minimum absolute atomic E-state index is 0.0266. The predicted molar refractivity (Wildman–Crippen MR) is 154 cm³/mol. The molecule has 0 spiro atoms. The maximum Gasteiger partial charge on any atom is 0.247 e. The highest BCUT2D eigenvalue weighted by molar-refractivity contribution is 5.96. The summed E-state index contributed by atoms with van der Waals surface area (Å²) in [6.07, 6.45) is -0.0984. The molecule has 2 aromatic rings. The summed E-state index contributed by atoms with van der Waals surface area (Å²) in [7, 11) is 4.61. The van der Waals surface area contributed by atoms with Gasteiger partial charge in [-0.3, -0.25) is 9.59 Å². The highest BCUT2D eigenvalue weighted by Crippen LogP contribution is 2.51. The standard InChI is InChI=1S/C31H40N2O9/c1-17(2)31(38)33(10-8-19-14-20(39-3)6-7-24(19)40-4)23-15-22(30(37)32-9-11-34)26-21-12-18(16-35)13-25(41-5)28(21)42-29(26)27(23)36/h6-7,12-15,17,23,26-27,29,34-36H,8-11,16H2,1-5H3,(H,32,37)/t23-,26+,27+,29+/m1/s1. The third-order valence-electron chi connectivity index (χ3n) is 7.74. The lowest BCUT2D eigenvalue weighted by Gasteiger charge is -2.41. The van der Waals surface area contributed by atoms with E-state index in [-0.39, 0.29) is 32.2 Å². The molecule has 11 heteroatoms. The lowest BCUT2D eigenvalue weighted by atomic mass is 9.77. The zero-order chi connectivity index (χ0) is 30.6. The maximum atomic E-state index is 13.6. The van der Waals surface area contributed by atoms with Crippen LogP contribution >= 0.6 is 0 Å². The van der Waals surface area contributed by atoms with Gasteiger partial charge < -0.3 is 44.5 Å². The van der Waals surface area contributed by atoms with Gasteiger partial charge in [0.05, 0.1) is 46.5 Å². The Balaban J connectivity index is 1.78. The Morgan fingerprint density at radius 3 is 2.40 bits per heavy atom. The monoisotopic (exact) mass is 584 g/mol. The number of aliphatic hydroxyl groups is 3. The number of nitrogens with one attached hydrogen (secondary N) is 1. The predicted octanol–water partition coefficient (Wildman–Crippen LogP) is 1.55. The number of ether oxygens (including phenoxy) is 4. The van der Waals surface area contributed by atoms with Gasteiger partial charge in [0.1, 0.15) is 23.7 Å². The number of nitrogens with zero attached hydrogens (tertiary/aromatic N) is 1. The molecule has 0 aromatic heterocycles. The summed E-state index contributed by atoms with van der Waals surface area (Å²) >= 11 is 0. The number of aliphatic hydroxyl groups excluding tert-OH is 3. The molecular weight excluding hydrogens is 544 g/mol. The number of benzene rings is 2. The fourth-order valence-electron chi connectivity index (χ4n) is 5.68. The van der Waals surface area contributed by atoms with Crippen molar-refractivity contribution in [2.45, 2.75) is 51.0 Å². The van der Waals surface area contributed by atoms with E-state index in [1.165, 1.54) is 7.11 Å². The molecule has 0 radical (unpaired) electrons. The summed E-state index contributed by atoms with van der Waals surface area (Å²) in [5, 5.41) is 33.7. The molecule has 4 atom stereocenters. The molecule has 228 valence electrons. The normalized spacial score (nSPS) is 20.6. The SMILES string of the molecule is COc1ccc(OC)c(CCN(C(=O)C(C)C)[C@@H]2C=C(C(=O)NCCO)[C@@H]3c4cc(CO)cc(OC)c4O[C@@H]3[C@H]2O)c1. The molecule has 0 fully saturated rings. The van der Waals surface area contributed by atoms with Crippen LogP contribution < -0.4 is 24.3 Å². The highest BCUT2D eigenvalue weighted by Gasteiger charge is 2.51. The van der Waals surface area contributed by atoms with Crippen LogP contribution in [-0.2, 0) is 22.6 Å². The Labute approximate surface area is 245 Å². The van der Waals surface area contributed by atoms with E-state index in [0.29, 0.717) is 46.1 Å². The Hall–Kier alpha value is -3.80. The topological polar surface area (TPSA) is 147 Å². The largest absolute Gasteiger partial charge is 0.497 e. The number of fused-ring (bicyclic) bond motifs is 3. The molecule has 11 nitrogen and oxygen atoms in total. The van der Waals surface area contributed by atoms with Crippen LogP contribution in [-0.4, -0.2) is 91.3 Å². The second-order valence-electron chi connectivity index (χ2n) is 10.6. The van der Waals surface area contributed by atoms with Crippen LogP contribution in [0.1, 0.15) is 36.5 Å². The van der Waals surface area contributed by atoms with Crippen molar-refractivity contribution in [2.75, 3.05) is 41.0 Å². The van der Waals surface area contributed by atoms with Gasteiger partial charge in [0.2, 0.25) is 11.8 Å². The smallest absolute Gasteiger partial charge is 0.247 e. The summed E-state index contributed by atoms with van der Waals surface area (Å²) in [6.45, 7) is 3.29. The average molecular weight is 585 g/mol. The molecule has 1 aliphatic heterocycles. The first-order valence-electron chi connectivity index (χ1n) is 14.0. The van der Waals surface area contributed by atoms with Crippen molar-refractivity contribution >= 4 is 11.8 Å². The lowest BCUT2D eigenvalue weighted by molar-refractivity contribution is -0.140. The third kappa shape index (κ3) is 6.04. The van der Waals surface area contributed by atoms with Gasteiger partial charge in [-0.2, -0.15) is 0 Å². The first kappa shape index (κ1) is 31.1. The van der Waals surface area contributed by atoms with E-state index in [0.717, 1.165) is 5.56 Å². The molecule has 4 N–H and O–H groups in total. The van der Waals surface area contributed by atoms with E-state index in [1.807, 2.05) is 6.07 Å². The van der Waals surface area contributed by atoms with E-state index in [9.17, 15) is 24.9 Å². The third-order valence-corrected chi connectivity index (χ3v) is 7.74. The number of carbonyl (C=O) groups is 2. The molecule has 1 aliphatic carbocycles. The molecule has 0 bridgehead atoms. The van der Waals surface area contributed by atoms with Crippen molar-refractivity contribution in [1.82, 2.24) is 10.2 Å².